The predicted molar refractivity (Wildman–Crippen MR) is 104 cm³/mol. The maximum absolute atomic E-state index is 14.9. The third kappa shape index (κ3) is 3.12. The van der Waals surface area contributed by atoms with E-state index in [4.69, 9.17) is 0 Å². The van der Waals surface area contributed by atoms with Gasteiger partial charge in [-0.3, -0.25) is 0 Å². The van der Waals surface area contributed by atoms with Crippen LogP contribution >= 0.6 is 0 Å². The fourth-order valence-corrected chi connectivity index (χ4v) is 5.85. The standard InChI is InChI=1S/C22H20F3NO3S/c1-10-5-14(19-11(9-26)6-12(23)7-16(19)21(10)25)13-3-4-18(30(2,28)29)20-15(13)8-17(24)22(20)27/h3-4,6-7,10,14,17,21-22,27H,5,8H2,1-2H3/t10-,14+,17+,21+,22+/m0/s1. The minimum atomic E-state index is -3.72. The van der Waals surface area contributed by atoms with Crippen molar-refractivity contribution in [2.75, 3.05) is 6.26 Å². The van der Waals surface area contributed by atoms with Crippen LogP contribution in [0.2, 0.25) is 0 Å². The highest BCUT2D eigenvalue weighted by atomic mass is 32.2. The highest BCUT2D eigenvalue weighted by Crippen LogP contribution is 2.51. The molecule has 1 N–H and O–H groups in total. The van der Waals surface area contributed by atoms with E-state index in [1.54, 1.807) is 13.0 Å². The number of fused-ring (bicyclic) bond motifs is 2. The summed E-state index contributed by atoms with van der Waals surface area (Å²) in [5.41, 5.74) is 1.37. The molecule has 0 aromatic heterocycles. The van der Waals surface area contributed by atoms with Gasteiger partial charge in [0.2, 0.25) is 0 Å². The van der Waals surface area contributed by atoms with E-state index in [9.17, 15) is 32.0 Å². The van der Waals surface area contributed by atoms with Gasteiger partial charge in [0.1, 0.15) is 24.3 Å². The number of sulfone groups is 1. The Labute approximate surface area is 172 Å². The minimum Gasteiger partial charge on any atom is -0.385 e. The molecule has 5 atom stereocenters. The summed E-state index contributed by atoms with van der Waals surface area (Å²) in [5.74, 6) is -1.75. The third-order valence-electron chi connectivity index (χ3n) is 6.22. The highest BCUT2D eigenvalue weighted by Gasteiger charge is 2.41. The van der Waals surface area contributed by atoms with E-state index in [1.807, 2.05) is 6.07 Å². The Morgan fingerprint density at radius 1 is 1.17 bits per heavy atom. The first-order chi connectivity index (χ1) is 14.0. The largest absolute Gasteiger partial charge is 0.385 e. The Bertz CT molecular complexity index is 1190. The Balaban J connectivity index is 2.00. The molecular weight excluding hydrogens is 415 g/mol. The van der Waals surface area contributed by atoms with Gasteiger partial charge in [0.15, 0.2) is 9.84 Å². The Morgan fingerprint density at radius 3 is 2.50 bits per heavy atom. The monoisotopic (exact) mass is 435 g/mol. The molecule has 0 heterocycles. The number of nitriles is 1. The number of rotatable bonds is 2. The second-order valence-electron chi connectivity index (χ2n) is 8.22. The van der Waals surface area contributed by atoms with Crippen molar-refractivity contribution in [3.63, 3.8) is 0 Å². The third-order valence-corrected chi connectivity index (χ3v) is 7.37. The summed E-state index contributed by atoms with van der Waals surface area (Å²) in [6.45, 7) is 1.68. The van der Waals surface area contributed by atoms with Gasteiger partial charge in [-0.25, -0.2) is 21.6 Å². The second kappa shape index (κ2) is 7.10. The van der Waals surface area contributed by atoms with Crippen molar-refractivity contribution < 1.29 is 26.7 Å². The molecule has 0 aliphatic heterocycles. The van der Waals surface area contributed by atoms with E-state index in [1.165, 1.54) is 6.07 Å². The van der Waals surface area contributed by atoms with Crippen LogP contribution in [0.25, 0.3) is 0 Å². The van der Waals surface area contributed by atoms with Gasteiger partial charge >= 0.3 is 0 Å². The quantitative estimate of drug-likeness (QED) is 0.767. The Kier molecular flexibility index (Phi) is 4.94. The van der Waals surface area contributed by atoms with Crippen LogP contribution in [0.4, 0.5) is 13.2 Å². The van der Waals surface area contributed by atoms with Crippen molar-refractivity contribution in [3.8, 4) is 6.07 Å². The van der Waals surface area contributed by atoms with Crippen LogP contribution in [0.5, 0.6) is 0 Å². The van der Waals surface area contributed by atoms with Gasteiger partial charge in [-0.05, 0) is 52.8 Å². The van der Waals surface area contributed by atoms with Gasteiger partial charge < -0.3 is 5.11 Å². The average Bonchev–Trinajstić information content (AvgIpc) is 2.97. The average molecular weight is 435 g/mol. The molecule has 2 aromatic carbocycles. The predicted octanol–water partition coefficient (Wildman–Crippen LogP) is 4.21. The number of nitrogens with zero attached hydrogens (tertiary/aromatic N) is 1. The maximum atomic E-state index is 14.9. The molecule has 0 radical (unpaired) electrons. The molecular formula is C22H20F3NO3S. The first-order valence-corrected chi connectivity index (χ1v) is 11.5. The van der Waals surface area contributed by atoms with E-state index in [0.717, 1.165) is 18.4 Å². The van der Waals surface area contributed by atoms with Gasteiger partial charge in [-0.1, -0.05) is 13.0 Å². The molecule has 0 spiro atoms. The van der Waals surface area contributed by atoms with Crippen LogP contribution in [0.15, 0.2) is 29.2 Å². The summed E-state index contributed by atoms with van der Waals surface area (Å²) < 4.78 is 67.8. The molecule has 0 amide bonds. The molecule has 0 fully saturated rings. The zero-order chi connectivity index (χ0) is 22.0. The summed E-state index contributed by atoms with van der Waals surface area (Å²) in [4.78, 5) is -0.138. The van der Waals surface area contributed by atoms with Crippen molar-refractivity contribution in [1.82, 2.24) is 0 Å². The van der Waals surface area contributed by atoms with E-state index in [0.29, 0.717) is 16.7 Å². The van der Waals surface area contributed by atoms with Gasteiger partial charge in [0, 0.05) is 24.2 Å². The molecule has 2 aromatic rings. The smallest absolute Gasteiger partial charge is 0.175 e. The van der Waals surface area contributed by atoms with Crippen molar-refractivity contribution >= 4 is 9.84 Å². The molecule has 0 saturated heterocycles. The van der Waals surface area contributed by atoms with Crippen LogP contribution in [0, 0.1) is 23.1 Å². The van der Waals surface area contributed by atoms with Crippen LogP contribution in [0.1, 0.15) is 64.9 Å². The number of benzene rings is 2. The van der Waals surface area contributed by atoms with Crippen molar-refractivity contribution in [2.45, 2.75) is 49.0 Å². The van der Waals surface area contributed by atoms with E-state index < -0.39 is 45.9 Å². The van der Waals surface area contributed by atoms with Crippen LogP contribution < -0.4 is 0 Å². The lowest BCUT2D eigenvalue weighted by Gasteiger charge is -2.34. The number of halogens is 3. The van der Waals surface area contributed by atoms with Crippen molar-refractivity contribution in [2.24, 2.45) is 5.92 Å². The Morgan fingerprint density at radius 2 is 1.87 bits per heavy atom. The van der Waals surface area contributed by atoms with Crippen molar-refractivity contribution in [1.29, 1.82) is 5.26 Å². The van der Waals surface area contributed by atoms with E-state index in [-0.39, 0.29) is 34.4 Å². The topological polar surface area (TPSA) is 78.2 Å². The van der Waals surface area contributed by atoms with E-state index >= 15 is 0 Å². The van der Waals surface area contributed by atoms with Gasteiger partial charge in [-0.15, -0.1) is 0 Å². The molecule has 158 valence electrons. The molecule has 0 bridgehead atoms. The van der Waals surface area contributed by atoms with Crippen molar-refractivity contribution in [3.05, 3.63) is 63.5 Å². The SMILES string of the molecule is C[C@H]1C[C@H](c2ccc(S(C)(=O)=O)c3c2C[C@@H](F)[C@H]3O)c2c(C#N)cc(F)cc2[C@@H]1F. The first-order valence-electron chi connectivity index (χ1n) is 9.60. The second-order valence-corrected chi connectivity index (χ2v) is 10.2. The lowest BCUT2D eigenvalue weighted by atomic mass is 9.71. The Hall–Kier alpha value is -2.37. The normalized spacial score (nSPS) is 28.0. The fraction of sp³-hybridized carbons (Fsp3) is 0.409. The number of hydrogen-bond acceptors (Lipinski definition) is 4. The molecule has 30 heavy (non-hydrogen) atoms. The summed E-state index contributed by atoms with van der Waals surface area (Å²) in [6, 6.07) is 6.93. The lowest BCUT2D eigenvalue weighted by Crippen LogP contribution is -2.23. The number of aliphatic hydroxyl groups excluding tert-OH is 1. The van der Waals surface area contributed by atoms with Crippen LogP contribution in [-0.2, 0) is 16.3 Å². The van der Waals surface area contributed by atoms with Gasteiger partial charge in [-0.2, -0.15) is 5.26 Å². The molecule has 0 unspecified atom stereocenters. The van der Waals surface area contributed by atoms with Crippen LogP contribution in [0.3, 0.4) is 0 Å². The molecule has 2 aliphatic rings. The molecule has 4 rings (SSSR count). The maximum Gasteiger partial charge on any atom is 0.175 e. The molecule has 4 nitrogen and oxygen atoms in total. The van der Waals surface area contributed by atoms with E-state index in [2.05, 4.69) is 0 Å². The summed E-state index contributed by atoms with van der Waals surface area (Å²) >= 11 is 0. The summed E-state index contributed by atoms with van der Waals surface area (Å²) in [5, 5.41) is 19.9. The van der Waals surface area contributed by atoms with Gasteiger partial charge in [0.05, 0.1) is 16.5 Å². The molecule has 0 saturated carbocycles. The summed E-state index contributed by atoms with van der Waals surface area (Å²) in [7, 11) is -3.72. The zero-order valence-electron chi connectivity index (χ0n) is 16.4. The number of hydrogen-bond donors (Lipinski definition) is 1. The molecule has 8 heteroatoms. The van der Waals surface area contributed by atoms with Gasteiger partial charge in [0.25, 0.3) is 0 Å². The summed E-state index contributed by atoms with van der Waals surface area (Å²) in [6.07, 6.45) is -3.61. The number of aliphatic hydroxyl groups is 1. The zero-order valence-corrected chi connectivity index (χ0v) is 17.2. The van der Waals surface area contributed by atoms with Crippen LogP contribution in [-0.4, -0.2) is 26.0 Å². The fourth-order valence-electron chi connectivity index (χ4n) is 4.90. The lowest BCUT2D eigenvalue weighted by molar-refractivity contribution is 0.0907. The molecule has 2 aliphatic carbocycles. The number of alkyl halides is 2. The first kappa shape index (κ1) is 20.9. The minimum absolute atomic E-state index is 0.000772. The highest BCUT2D eigenvalue weighted by molar-refractivity contribution is 7.90.